The maximum absolute atomic E-state index is 11.9. The van der Waals surface area contributed by atoms with Crippen LogP contribution in [-0.2, 0) is 4.74 Å². The van der Waals surface area contributed by atoms with E-state index in [9.17, 15) is 4.79 Å². The molecular formula is C12H20N2O2. The first kappa shape index (κ1) is 12.8. The number of rotatable bonds is 0. The second kappa shape index (κ2) is 4.32. The quantitative estimate of drug-likeness (QED) is 0.635. The van der Waals surface area contributed by atoms with Crippen LogP contribution in [0.2, 0.25) is 0 Å². The summed E-state index contributed by atoms with van der Waals surface area (Å²) >= 11 is 0. The second-order valence-corrected chi connectivity index (χ2v) is 5.47. The Morgan fingerprint density at radius 1 is 1.44 bits per heavy atom. The third-order valence-electron chi connectivity index (χ3n) is 2.75. The van der Waals surface area contributed by atoms with E-state index in [0.717, 1.165) is 19.3 Å². The molecule has 0 N–H and O–H groups in total. The fourth-order valence-corrected chi connectivity index (χ4v) is 1.85. The molecule has 0 aromatic rings. The Balaban J connectivity index is 2.78. The fourth-order valence-electron chi connectivity index (χ4n) is 1.85. The molecule has 0 aromatic heterocycles. The fraction of sp³-hybridized carbons (Fsp3) is 0.833. The number of carbonyl (C=O) groups is 1. The van der Waals surface area contributed by atoms with Crippen LogP contribution in [0, 0.1) is 11.3 Å². The van der Waals surface area contributed by atoms with Gasteiger partial charge >= 0.3 is 6.09 Å². The van der Waals surface area contributed by atoms with Gasteiger partial charge in [-0.25, -0.2) is 4.79 Å². The molecule has 0 saturated carbocycles. The topological polar surface area (TPSA) is 53.3 Å². The molecule has 1 atom stereocenters. The minimum absolute atomic E-state index is 0.378. The largest absolute Gasteiger partial charge is 0.444 e. The zero-order valence-corrected chi connectivity index (χ0v) is 10.5. The van der Waals surface area contributed by atoms with Gasteiger partial charge in [-0.1, -0.05) is 0 Å². The highest BCUT2D eigenvalue weighted by Crippen LogP contribution is 2.28. The molecular weight excluding hydrogens is 204 g/mol. The summed E-state index contributed by atoms with van der Waals surface area (Å²) in [6.45, 7) is 7.91. The van der Waals surface area contributed by atoms with Crippen molar-refractivity contribution < 1.29 is 9.53 Å². The van der Waals surface area contributed by atoms with Crippen molar-refractivity contribution in [2.24, 2.45) is 0 Å². The number of carbonyl (C=O) groups excluding carboxylic acids is 1. The number of ether oxygens (including phenoxy) is 1. The molecule has 4 heteroatoms. The lowest BCUT2D eigenvalue weighted by Gasteiger charge is -2.40. The summed E-state index contributed by atoms with van der Waals surface area (Å²) in [6.07, 6.45) is 2.28. The molecule has 0 radical (unpaired) electrons. The molecule has 1 saturated heterocycles. The highest BCUT2D eigenvalue weighted by atomic mass is 16.6. The molecule has 4 nitrogen and oxygen atoms in total. The van der Waals surface area contributed by atoms with Gasteiger partial charge in [0.05, 0.1) is 6.07 Å². The highest BCUT2D eigenvalue weighted by molar-refractivity contribution is 5.70. The predicted molar refractivity (Wildman–Crippen MR) is 60.8 cm³/mol. The minimum Gasteiger partial charge on any atom is -0.444 e. The summed E-state index contributed by atoms with van der Waals surface area (Å²) in [5.41, 5.74) is -1.22. The Labute approximate surface area is 97.2 Å². The molecule has 0 aliphatic carbocycles. The van der Waals surface area contributed by atoms with Crippen molar-refractivity contribution in [2.45, 2.75) is 58.1 Å². The first-order chi connectivity index (χ1) is 7.28. The molecule has 90 valence electrons. The summed E-state index contributed by atoms with van der Waals surface area (Å²) < 4.78 is 5.31. The average molecular weight is 224 g/mol. The van der Waals surface area contributed by atoms with Gasteiger partial charge < -0.3 is 4.74 Å². The maximum atomic E-state index is 11.9. The van der Waals surface area contributed by atoms with E-state index in [1.165, 1.54) is 0 Å². The average Bonchev–Trinajstić information content (AvgIpc) is 2.15. The Kier molecular flexibility index (Phi) is 3.47. The van der Waals surface area contributed by atoms with Gasteiger partial charge in [-0.3, -0.25) is 4.90 Å². The van der Waals surface area contributed by atoms with Gasteiger partial charge in [-0.05, 0) is 47.0 Å². The van der Waals surface area contributed by atoms with Crippen LogP contribution in [0.15, 0.2) is 0 Å². The summed E-state index contributed by atoms with van der Waals surface area (Å²) in [5, 5.41) is 9.17. The Bertz CT molecular complexity index is 314. The molecule has 1 fully saturated rings. The Morgan fingerprint density at radius 3 is 2.56 bits per heavy atom. The lowest BCUT2D eigenvalue weighted by atomic mass is 9.90. The van der Waals surface area contributed by atoms with Gasteiger partial charge in [0.25, 0.3) is 0 Å². The van der Waals surface area contributed by atoms with Gasteiger partial charge in [-0.2, -0.15) is 5.26 Å². The van der Waals surface area contributed by atoms with Crippen molar-refractivity contribution in [2.75, 3.05) is 6.54 Å². The van der Waals surface area contributed by atoms with E-state index in [2.05, 4.69) is 6.07 Å². The maximum Gasteiger partial charge on any atom is 0.411 e. The number of nitrogens with zero attached hydrogens (tertiary/aromatic N) is 2. The van der Waals surface area contributed by atoms with Crippen LogP contribution in [0.25, 0.3) is 0 Å². The number of amides is 1. The molecule has 1 rings (SSSR count). The summed E-state index contributed by atoms with van der Waals surface area (Å²) in [6, 6.07) is 2.22. The number of piperidine rings is 1. The first-order valence-corrected chi connectivity index (χ1v) is 5.70. The number of nitriles is 1. The molecule has 0 spiro atoms. The SMILES string of the molecule is CC(C)(C)OC(=O)N1CCCC[C@]1(C)C#N. The summed E-state index contributed by atoms with van der Waals surface area (Å²) in [7, 11) is 0. The van der Waals surface area contributed by atoms with Crippen LogP contribution in [0.1, 0.15) is 47.0 Å². The van der Waals surface area contributed by atoms with Crippen molar-refractivity contribution >= 4 is 6.09 Å². The van der Waals surface area contributed by atoms with E-state index in [1.807, 2.05) is 20.8 Å². The first-order valence-electron chi connectivity index (χ1n) is 5.70. The van der Waals surface area contributed by atoms with Crippen LogP contribution in [-0.4, -0.2) is 28.7 Å². The van der Waals surface area contributed by atoms with E-state index < -0.39 is 11.1 Å². The molecule has 16 heavy (non-hydrogen) atoms. The molecule has 1 aliphatic heterocycles. The van der Waals surface area contributed by atoms with Gasteiger partial charge in [0.1, 0.15) is 11.1 Å². The van der Waals surface area contributed by atoms with Crippen molar-refractivity contribution in [3.63, 3.8) is 0 Å². The van der Waals surface area contributed by atoms with Crippen LogP contribution in [0.4, 0.5) is 4.79 Å². The van der Waals surface area contributed by atoms with Crippen LogP contribution < -0.4 is 0 Å². The van der Waals surface area contributed by atoms with Crippen molar-refractivity contribution in [1.29, 1.82) is 5.26 Å². The zero-order chi connectivity index (χ0) is 12.4. The monoisotopic (exact) mass is 224 g/mol. The molecule has 1 heterocycles. The molecule has 1 aliphatic rings. The van der Waals surface area contributed by atoms with E-state index in [-0.39, 0.29) is 6.09 Å². The van der Waals surface area contributed by atoms with Crippen molar-refractivity contribution in [3.05, 3.63) is 0 Å². The van der Waals surface area contributed by atoms with Crippen LogP contribution in [0.5, 0.6) is 0 Å². The Morgan fingerprint density at radius 2 is 2.06 bits per heavy atom. The third-order valence-corrected chi connectivity index (χ3v) is 2.75. The van der Waals surface area contributed by atoms with Gasteiger partial charge in [0, 0.05) is 6.54 Å². The van der Waals surface area contributed by atoms with Crippen LogP contribution in [0.3, 0.4) is 0 Å². The third kappa shape index (κ3) is 2.88. The van der Waals surface area contributed by atoms with Crippen molar-refractivity contribution in [3.8, 4) is 6.07 Å². The van der Waals surface area contributed by atoms with Gasteiger partial charge in [0.2, 0.25) is 0 Å². The molecule has 0 aromatic carbocycles. The normalized spacial score (nSPS) is 26.1. The number of hydrogen-bond acceptors (Lipinski definition) is 3. The standard InChI is InChI=1S/C12H20N2O2/c1-11(2,3)16-10(15)14-8-6-5-7-12(14,4)9-13/h5-8H2,1-4H3/t12-/m1/s1. The molecule has 1 amide bonds. The lowest BCUT2D eigenvalue weighted by Crippen LogP contribution is -2.53. The number of likely N-dealkylation sites (tertiary alicyclic amines) is 1. The van der Waals surface area contributed by atoms with Gasteiger partial charge in [0.15, 0.2) is 0 Å². The minimum atomic E-state index is -0.708. The van der Waals surface area contributed by atoms with Gasteiger partial charge in [-0.15, -0.1) is 0 Å². The van der Waals surface area contributed by atoms with E-state index in [0.29, 0.717) is 6.54 Å². The molecule has 0 unspecified atom stereocenters. The van der Waals surface area contributed by atoms with E-state index in [1.54, 1.807) is 11.8 Å². The Hall–Kier alpha value is -1.24. The number of hydrogen-bond donors (Lipinski definition) is 0. The smallest absolute Gasteiger partial charge is 0.411 e. The predicted octanol–water partition coefficient (Wildman–Crippen LogP) is 2.69. The second-order valence-electron chi connectivity index (χ2n) is 5.47. The zero-order valence-electron chi connectivity index (χ0n) is 10.5. The van der Waals surface area contributed by atoms with Crippen molar-refractivity contribution in [1.82, 2.24) is 4.90 Å². The van der Waals surface area contributed by atoms with Crippen LogP contribution >= 0.6 is 0 Å². The molecule has 0 bridgehead atoms. The van der Waals surface area contributed by atoms with E-state index in [4.69, 9.17) is 10.00 Å². The summed E-state index contributed by atoms with van der Waals surface area (Å²) in [5.74, 6) is 0. The summed E-state index contributed by atoms with van der Waals surface area (Å²) in [4.78, 5) is 13.5. The highest BCUT2D eigenvalue weighted by Gasteiger charge is 2.39. The van der Waals surface area contributed by atoms with E-state index >= 15 is 0 Å². The lowest BCUT2D eigenvalue weighted by molar-refractivity contribution is 0.00115.